The molecule has 1 spiro atoms. The summed E-state index contributed by atoms with van der Waals surface area (Å²) in [7, 11) is 3.34. The number of nitrogens with zero attached hydrogens (tertiary/aromatic N) is 3. The molecule has 8 heteroatoms. The van der Waals surface area contributed by atoms with Gasteiger partial charge in [-0.2, -0.15) is 0 Å². The van der Waals surface area contributed by atoms with Gasteiger partial charge in [-0.15, -0.1) is 0 Å². The van der Waals surface area contributed by atoms with Gasteiger partial charge in [0.2, 0.25) is 5.91 Å². The predicted octanol–water partition coefficient (Wildman–Crippen LogP) is 1.42. The summed E-state index contributed by atoms with van der Waals surface area (Å²) < 4.78 is 5.24. The third kappa shape index (κ3) is 4.63. The van der Waals surface area contributed by atoms with E-state index < -0.39 is 5.41 Å². The van der Waals surface area contributed by atoms with Crippen molar-refractivity contribution in [3.8, 4) is 5.75 Å². The zero-order valence-electron chi connectivity index (χ0n) is 17.6. The number of amides is 4. The van der Waals surface area contributed by atoms with E-state index >= 15 is 0 Å². The zero-order valence-corrected chi connectivity index (χ0v) is 17.6. The molecule has 2 aliphatic heterocycles. The molecule has 2 heterocycles. The molecule has 8 nitrogen and oxygen atoms in total. The fourth-order valence-electron chi connectivity index (χ4n) is 4.20. The van der Waals surface area contributed by atoms with Gasteiger partial charge in [-0.05, 0) is 32.0 Å². The van der Waals surface area contributed by atoms with Crippen LogP contribution in [-0.2, 0) is 4.79 Å². The highest BCUT2D eigenvalue weighted by molar-refractivity contribution is 5.95. The van der Waals surface area contributed by atoms with Crippen molar-refractivity contribution in [3.05, 3.63) is 29.8 Å². The number of rotatable bonds is 3. The van der Waals surface area contributed by atoms with Crippen LogP contribution in [0.1, 0.15) is 30.6 Å². The van der Waals surface area contributed by atoms with Crippen LogP contribution in [0.25, 0.3) is 0 Å². The second-order valence-electron chi connectivity index (χ2n) is 8.41. The molecule has 29 heavy (non-hydrogen) atoms. The summed E-state index contributed by atoms with van der Waals surface area (Å²) in [5, 5.41) is 2.93. The van der Waals surface area contributed by atoms with E-state index in [2.05, 4.69) is 5.32 Å². The van der Waals surface area contributed by atoms with Gasteiger partial charge in [-0.1, -0.05) is 6.07 Å². The molecule has 1 aromatic carbocycles. The molecule has 0 aliphatic carbocycles. The first-order valence-corrected chi connectivity index (χ1v) is 9.96. The van der Waals surface area contributed by atoms with Crippen LogP contribution in [0.2, 0.25) is 0 Å². The molecule has 2 saturated heterocycles. The number of carbonyl (C=O) groups excluding carboxylic acids is 3. The van der Waals surface area contributed by atoms with Crippen LogP contribution in [0.5, 0.6) is 5.75 Å². The van der Waals surface area contributed by atoms with Gasteiger partial charge in [-0.25, -0.2) is 4.79 Å². The molecule has 0 bridgehead atoms. The van der Waals surface area contributed by atoms with Gasteiger partial charge in [0.25, 0.3) is 5.91 Å². The molecule has 2 fully saturated rings. The number of likely N-dealkylation sites (tertiary alicyclic amines) is 1. The number of hydrogen-bond acceptors (Lipinski definition) is 4. The van der Waals surface area contributed by atoms with Gasteiger partial charge in [-0.3, -0.25) is 9.59 Å². The molecule has 1 atom stereocenters. The Balaban J connectivity index is 1.86. The fraction of sp³-hybridized carbons (Fsp3) is 0.571. The Morgan fingerprint density at radius 1 is 1.14 bits per heavy atom. The van der Waals surface area contributed by atoms with Crippen LogP contribution in [0.4, 0.5) is 4.79 Å². The summed E-state index contributed by atoms with van der Waals surface area (Å²) in [4.78, 5) is 43.5. The Morgan fingerprint density at radius 3 is 2.45 bits per heavy atom. The van der Waals surface area contributed by atoms with Crippen LogP contribution in [0, 0.1) is 5.41 Å². The molecular weight excluding hydrogens is 372 g/mol. The first kappa shape index (κ1) is 21.0. The average Bonchev–Trinajstić information content (AvgIpc) is 2.84. The minimum atomic E-state index is -0.467. The number of ether oxygens (including phenoxy) is 1. The second kappa shape index (κ2) is 8.31. The van der Waals surface area contributed by atoms with Crippen LogP contribution in [0.15, 0.2) is 24.3 Å². The van der Waals surface area contributed by atoms with Crippen molar-refractivity contribution in [1.29, 1.82) is 0 Å². The Morgan fingerprint density at radius 2 is 1.83 bits per heavy atom. The maximum absolute atomic E-state index is 13.2. The van der Waals surface area contributed by atoms with E-state index in [-0.39, 0.29) is 23.9 Å². The quantitative estimate of drug-likeness (QED) is 0.829. The van der Waals surface area contributed by atoms with Crippen molar-refractivity contribution < 1.29 is 19.1 Å². The van der Waals surface area contributed by atoms with Gasteiger partial charge < -0.3 is 24.8 Å². The minimum absolute atomic E-state index is 0.0177. The van der Waals surface area contributed by atoms with Crippen molar-refractivity contribution in [2.45, 2.75) is 26.3 Å². The molecule has 3 rings (SSSR count). The van der Waals surface area contributed by atoms with Gasteiger partial charge >= 0.3 is 6.03 Å². The molecule has 2 aliphatic rings. The van der Waals surface area contributed by atoms with E-state index in [1.165, 1.54) is 0 Å². The Labute approximate surface area is 171 Å². The summed E-state index contributed by atoms with van der Waals surface area (Å²) in [6.07, 6.45) is 0.330. The SMILES string of the molecule is COc1cccc(C(=O)N2CCN(C(=O)NC(C)C)C[C@]3(CC(=O)N(C)C3)C2)c1. The largest absolute Gasteiger partial charge is 0.497 e. The van der Waals surface area contributed by atoms with E-state index in [9.17, 15) is 14.4 Å². The second-order valence-corrected chi connectivity index (χ2v) is 8.41. The first-order chi connectivity index (χ1) is 13.7. The molecule has 1 N–H and O–H groups in total. The third-order valence-corrected chi connectivity index (χ3v) is 5.52. The lowest BCUT2D eigenvalue weighted by atomic mass is 9.86. The lowest BCUT2D eigenvalue weighted by Crippen LogP contribution is -2.49. The topological polar surface area (TPSA) is 82.2 Å². The third-order valence-electron chi connectivity index (χ3n) is 5.52. The van der Waals surface area contributed by atoms with Crippen LogP contribution in [-0.4, -0.2) is 85.5 Å². The molecule has 4 amide bonds. The van der Waals surface area contributed by atoms with Gasteiger partial charge in [0.1, 0.15) is 5.75 Å². The predicted molar refractivity (Wildman–Crippen MR) is 109 cm³/mol. The highest BCUT2D eigenvalue weighted by Gasteiger charge is 2.47. The van der Waals surface area contributed by atoms with Crippen LogP contribution in [0.3, 0.4) is 0 Å². The zero-order chi connectivity index (χ0) is 21.2. The lowest BCUT2D eigenvalue weighted by molar-refractivity contribution is -0.126. The van der Waals surface area contributed by atoms with Crippen molar-refractivity contribution in [1.82, 2.24) is 20.0 Å². The molecule has 0 unspecified atom stereocenters. The van der Waals surface area contributed by atoms with Crippen LogP contribution < -0.4 is 10.1 Å². The molecule has 1 aromatic rings. The van der Waals surface area contributed by atoms with Gasteiger partial charge in [0.15, 0.2) is 0 Å². The van der Waals surface area contributed by atoms with Crippen molar-refractivity contribution in [2.24, 2.45) is 5.41 Å². The van der Waals surface area contributed by atoms with Crippen molar-refractivity contribution in [2.75, 3.05) is 46.9 Å². The Hall–Kier alpha value is -2.77. The van der Waals surface area contributed by atoms with Crippen molar-refractivity contribution >= 4 is 17.8 Å². The summed E-state index contributed by atoms with van der Waals surface area (Å²) in [6.45, 7) is 6.08. The number of urea groups is 1. The monoisotopic (exact) mass is 402 g/mol. The average molecular weight is 402 g/mol. The van der Waals surface area contributed by atoms with E-state index in [0.717, 1.165) is 0 Å². The minimum Gasteiger partial charge on any atom is -0.497 e. The summed E-state index contributed by atoms with van der Waals surface area (Å²) in [6, 6.07) is 6.92. The van der Waals surface area contributed by atoms with E-state index in [1.807, 2.05) is 13.8 Å². The van der Waals surface area contributed by atoms with Crippen LogP contribution >= 0.6 is 0 Å². The smallest absolute Gasteiger partial charge is 0.317 e. The molecule has 158 valence electrons. The summed E-state index contributed by atoms with van der Waals surface area (Å²) in [5.74, 6) is 0.551. The van der Waals surface area contributed by atoms with Gasteiger partial charge in [0.05, 0.1) is 7.11 Å². The standard InChI is InChI=1S/C21H30N4O4/c1-15(2)22-20(28)25-9-8-24(13-21(14-25)11-18(26)23(3)12-21)19(27)16-6-5-7-17(10-16)29-4/h5-7,10,15H,8-9,11-14H2,1-4H3,(H,22,28)/t21-/m0/s1. The lowest BCUT2D eigenvalue weighted by Gasteiger charge is -2.33. The number of nitrogens with one attached hydrogen (secondary N) is 1. The number of benzene rings is 1. The Kier molecular flexibility index (Phi) is 6.00. The van der Waals surface area contributed by atoms with E-state index in [1.54, 1.807) is 53.1 Å². The van der Waals surface area contributed by atoms with Gasteiger partial charge in [0, 0.05) is 63.2 Å². The summed E-state index contributed by atoms with van der Waals surface area (Å²) >= 11 is 0. The number of carbonyl (C=O) groups is 3. The highest BCUT2D eigenvalue weighted by Crippen LogP contribution is 2.35. The van der Waals surface area contributed by atoms with Crippen molar-refractivity contribution in [3.63, 3.8) is 0 Å². The summed E-state index contributed by atoms with van der Waals surface area (Å²) in [5.41, 5.74) is 0.0720. The Bertz CT molecular complexity index is 797. The van der Waals surface area contributed by atoms with E-state index in [0.29, 0.717) is 50.5 Å². The highest BCUT2D eigenvalue weighted by atomic mass is 16.5. The number of methoxy groups -OCH3 is 1. The van der Waals surface area contributed by atoms with E-state index in [4.69, 9.17) is 4.74 Å². The normalized spacial score (nSPS) is 22.2. The fourth-order valence-corrected chi connectivity index (χ4v) is 4.20. The molecule has 0 aromatic heterocycles. The molecule has 0 saturated carbocycles. The maximum atomic E-state index is 13.2. The maximum Gasteiger partial charge on any atom is 0.317 e. The number of hydrogen-bond donors (Lipinski definition) is 1. The molecule has 0 radical (unpaired) electrons. The molecular formula is C21H30N4O4. The first-order valence-electron chi connectivity index (χ1n) is 9.96.